The van der Waals surface area contributed by atoms with Crippen LogP contribution < -0.4 is 5.73 Å². The topological polar surface area (TPSA) is 83.6 Å². The molecule has 1 aromatic rings. The molecule has 114 valence electrons. The lowest BCUT2D eigenvalue weighted by Crippen LogP contribution is -2.28. The Morgan fingerprint density at radius 1 is 1.35 bits per heavy atom. The smallest absolute Gasteiger partial charge is 0.244 e. The number of anilines is 1. The largest absolute Gasteiger partial charge is 0.398 e. The molecular weight excluding hydrogens is 351 g/mol. The van der Waals surface area contributed by atoms with E-state index in [0.29, 0.717) is 19.4 Å². The molecule has 0 spiro atoms. The van der Waals surface area contributed by atoms with Gasteiger partial charge in [0, 0.05) is 20.2 Å². The molecular formula is C12H18BrFN2O3S. The Morgan fingerprint density at radius 3 is 2.60 bits per heavy atom. The molecule has 0 saturated heterocycles. The van der Waals surface area contributed by atoms with Crippen LogP contribution in [0, 0.1) is 5.82 Å². The molecule has 1 aromatic carbocycles. The zero-order valence-corrected chi connectivity index (χ0v) is 13.5. The average Bonchev–Trinajstić information content (AvgIpc) is 2.38. The zero-order chi connectivity index (χ0) is 15.3. The summed E-state index contributed by atoms with van der Waals surface area (Å²) in [6.07, 6.45) is 2.01. The molecule has 0 amide bonds. The van der Waals surface area contributed by atoms with Gasteiger partial charge in [-0.3, -0.25) is 0 Å². The maximum absolute atomic E-state index is 13.3. The van der Waals surface area contributed by atoms with Crippen LogP contribution in [0.3, 0.4) is 0 Å². The molecule has 0 unspecified atom stereocenters. The molecule has 0 aliphatic carbocycles. The SMILES string of the molecule is CN(CCCCCO)S(=O)(=O)c1cc(Br)c(F)cc1N. The van der Waals surface area contributed by atoms with Gasteiger partial charge in [-0.15, -0.1) is 0 Å². The molecule has 0 fully saturated rings. The van der Waals surface area contributed by atoms with E-state index in [-0.39, 0.29) is 21.7 Å². The van der Waals surface area contributed by atoms with Crippen molar-refractivity contribution in [1.82, 2.24) is 4.31 Å². The Hall–Kier alpha value is -0.700. The van der Waals surface area contributed by atoms with Gasteiger partial charge in [0.1, 0.15) is 10.7 Å². The molecule has 0 bridgehead atoms. The number of rotatable bonds is 7. The molecule has 3 N–H and O–H groups in total. The number of hydrogen-bond donors (Lipinski definition) is 2. The van der Waals surface area contributed by atoms with Crippen molar-refractivity contribution < 1.29 is 17.9 Å². The second-order valence-electron chi connectivity index (χ2n) is 4.41. The standard InChI is InChI=1S/C12H18BrFN2O3S/c1-16(5-3-2-4-6-17)20(18,19)12-7-9(13)10(14)8-11(12)15/h7-8,17H,2-6,15H2,1H3. The Bertz CT molecular complexity index is 566. The molecule has 0 aliphatic rings. The first-order valence-electron chi connectivity index (χ1n) is 6.12. The molecule has 0 saturated carbocycles. The highest BCUT2D eigenvalue weighted by molar-refractivity contribution is 9.10. The van der Waals surface area contributed by atoms with Crippen molar-refractivity contribution in [2.75, 3.05) is 25.9 Å². The van der Waals surface area contributed by atoms with Gasteiger partial charge in [-0.2, -0.15) is 0 Å². The Morgan fingerprint density at radius 2 is 2.00 bits per heavy atom. The number of benzene rings is 1. The molecule has 0 aromatic heterocycles. The van der Waals surface area contributed by atoms with E-state index in [0.717, 1.165) is 12.5 Å². The van der Waals surface area contributed by atoms with Gasteiger partial charge in [0.25, 0.3) is 0 Å². The predicted octanol–water partition coefficient (Wildman–Crippen LogP) is 1.95. The van der Waals surface area contributed by atoms with Crippen molar-refractivity contribution in [3.63, 3.8) is 0 Å². The normalized spacial score (nSPS) is 12.1. The fraction of sp³-hybridized carbons (Fsp3) is 0.500. The van der Waals surface area contributed by atoms with Crippen LogP contribution in [-0.2, 0) is 10.0 Å². The van der Waals surface area contributed by atoms with Gasteiger partial charge in [0.2, 0.25) is 10.0 Å². The maximum Gasteiger partial charge on any atom is 0.244 e. The van der Waals surface area contributed by atoms with Crippen molar-refractivity contribution in [2.45, 2.75) is 24.2 Å². The van der Waals surface area contributed by atoms with E-state index in [1.54, 1.807) is 0 Å². The third-order valence-electron chi connectivity index (χ3n) is 2.87. The number of nitrogens with two attached hydrogens (primary N) is 1. The van der Waals surface area contributed by atoms with Gasteiger partial charge in [0.05, 0.1) is 10.2 Å². The average molecular weight is 369 g/mol. The first-order chi connectivity index (χ1) is 9.30. The van der Waals surface area contributed by atoms with Crippen LogP contribution in [0.5, 0.6) is 0 Å². The highest BCUT2D eigenvalue weighted by Gasteiger charge is 2.24. The summed E-state index contributed by atoms with van der Waals surface area (Å²) >= 11 is 2.95. The summed E-state index contributed by atoms with van der Waals surface area (Å²) in [6.45, 7) is 0.408. The fourth-order valence-electron chi connectivity index (χ4n) is 1.68. The number of unbranched alkanes of at least 4 members (excludes halogenated alkanes) is 2. The Labute approximate surface area is 126 Å². The van der Waals surface area contributed by atoms with Gasteiger partial charge in [-0.05, 0) is 47.3 Å². The van der Waals surface area contributed by atoms with E-state index < -0.39 is 15.8 Å². The first-order valence-corrected chi connectivity index (χ1v) is 8.35. The van der Waals surface area contributed by atoms with E-state index in [9.17, 15) is 12.8 Å². The van der Waals surface area contributed by atoms with Crippen molar-refractivity contribution in [1.29, 1.82) is 0 Å². The van der Waals surface area contributed by atoms with E-state index in [4.69, 9.17) is 10.8 Å². The second-order valence-corrected chi connectivity index (χ2v) is 7.28. The highest BCUT2D eigenvalue weighted by atomic mass is 79.9. The predicted molar refractivity (Wildman–Crippen MR) is 79.3 cm³/mol. The van der Waals surface area contributed by atoms with Crippen LogP contribution in [0.15, 0.2) is 21.5 Å². The summed E-state index contributed by atoms with van der Waals surface area (Å²) in [6, 6.07) is 2.15. The molecule has 5 nitrogen and oxygen atoms in total. The number of hydrogen-bond acceptors (Lipinski definition) is 4. The summed E-state index contributed by atoms with van der Waals surface area (Å²) in [4.78, 5) is -0.115. The molecule has 0 atom stereocenters. The number of sulfonamides is 1. The van der Waals surface area contributed by atoms with Crippen molar-refractivity contribution in [3.05, 3.63) is 22.4 Å². The van der Waals surface area contributed by atoms with Crippen LogP contribution in [-0.4, -0.2) is 38.0 Å². The molecule has 0 aliphatic heterocycles. The summed E-state index contributed by atoms with van der Waals surface area (Å²) in [5.41, 5.74) is 5.47. The highest BCUT2D eigenvalue weighted by Crippen LogP contribution is 2.28. The van der Waals surface area contributed by atoms with Gasteiger partial charge in [-0.1, -0.05) is 0 Å². The third kappa shape index (κ3) is 4.15. The molecule has 0 radical (unpaired) electrons. The van der Waals surface area contributed by atoms with Crippen molar-refractivity contribution >= 4 is 31.6 Å². The van der Waals surface area contributed by atoms with E-state index in [2.05, 4.69) is 15.9 Å². The van der Waals surface area contributed by atoms with E-state index in [1.807, 2.05) is 0 Å². The lowest BCUT2D eigenvalue weighted by molar-refractivity contribution is 0.281. The van der Waals surface area contributed by atoms with Crippen LogP contribution in [0.4, 0.5) is 10.1 Å². The lowest BCUT2D eigenvalue weighted by Gasteiger charge is -2.18. The first kappa shape index (κ1) is 17.4. The number of aliphatic hydroxyl groups is 1. The van der Waals surface area contributed by atoms with Gasteiger partial charge in [-0.25, -0.2) is 17.1 Å². The summed E-state index contributed by atoms with van der Waals surface area (Å²) < 4.78 is 39.2. The zero-order valence-electron chi connectivity index (χ0n) is 11.1. The maximum atomic E-state index is 13.3. The van der Waals surface area contributed by atoms with Crippen LogP contribution in [0.2, 0.25) is 0 Å². The minimum atomic E-state index is -3.75. The fourth-order valence-corrected chi connectivity index (χ4v) is 3.50. The molecule has 1 rings (SSSR count). The Balaban J connectivity index is 2.90. The van der Waals surface area contributed by atoms with Gasteiger partial charge < -0.3 is 10.8 Å². The number of nitrogens with zero attached hydrogens (tertiary/aromatic N) is 1. The van der Waals surface area contributed by atoms with Gasteiger partial charge >= 0.3 is 0 Å². The summed E-state index contributed by atoms with van der Waals surface area (Å²) in [5.74, 6) is -0.605. The molecule has 20 heavy (non-hydrogen) atoms. The van der Waals surface area contributed by atoms with Crippen LogP contribution in [0.1, 0.15) is 19.3 Å². The number of nitrogen functional groups attached to an aromatic ring is 1. The summed E-state index contributed by atoms with van der Waals surface area (Å²) in [5, 5.41) is 8.67. The lowest BCUT2D eigenvalue weighted by atomic mass is 10.2. The van der Waals surface area contributed by atoms with Crippen molar-refractivity contribution in [3.8, 4) is 0 Å². The molecule has 8 heteroatoms. The Kier molecular flexibility index (Phi) is 6.38. The minimum Gasteiger partial charge on any atom is -0.398 e. The van der Waals surface area contributed by atoms with Crippen molar-refractivity contribution in [2.24, 2.45) is 0 Å². The summed E-state index contributed by atoms with van der Waals surface area (Å²) in [7, 11) is -2.30. The monoisotopic (exact) mass is 368 g/mol. The minimum absolute atomic E-state index is 0.0546. The van der Waals surface area contributed by atoms with Crippen LogP contribution in [0.25, 0.3) is 0 Å². The van der Waals surface area contributed by atoms with E-state index in [1.165, 1.54) is 17.4 Å². The number of halogens is 2. The second kappa shape index (κ2) is 7.35. The van der Waals surface area contributed by atoms with Gasteiger partial charge in [0.15, 0.2) is 0 Å². The van der Waals surface area contributed by atoms with Crippen LogP contribution >= 0.6 is 15.9 Å². The number of aliphatic hydroxyl groups excluding tert-OH is 1. The third-order valence-corrected chi connectivity index (χ3v) is 5.39. The molecule has 0 heterocycles. The van der Waals surface area contributed by atoms with E-state index >= 15 is 0 Å². The quantitative estimate of drug-likeness (QED) is 0.569.